The summed E-state index contributed by atoms with van der Waals surface area (Å²) < 4.78 is 19.7. The van der Waals surface area contributed by atoms with Crippen LogP contribution in [0, 0.1) is 5.82 Å². The van der Waals surface area contributed by atoms with Crippen LogP contribution in [0.1, 0.15) is 32.2 Å². The van der Waals surface area contributed by atoms with E-state index in [4.69, 9.17) is 5.73 Å². The number of aromatic amines is 1. The number of carbonyl (C=O) groups is 1. The Labute approximate surface area is 174 Å². The van der Waals surface area contributed by atoms with E-state index in [0.717, 1.165) is 24.4 Å². The lowest BCUT2D eigenvalue weighted by molar-refractivity contribution is -0.122. The first kappa shape index (κ1) is 19.3. The maximum absolute atomic E-state index is 15.1. The highest BCUT2D eigenvalue weighted by molar-refractivity contribution is 7.12. The van der Waals surface area contributed by atoms with Gasteiger partial charge in [-0.3, -0.25) is 18.8 Å². The summed E-state index contributed by atoms with van der Waals surface area (Å²) in [6.45, 7) is 2.67. The minimum Gasteiger partial charge on any atom is -0.367 e. The van der Waals surface area contributed by atoms with Crippen molar-refractivity contribution >= 4 is 44.2 Å². The number of pyridine rings is 1. The van der Waals surface area contributed by atoms with E-state index in [0.29, 0.717) is 35.5 Å². The first-order valence-electron chi connectivity index (χ1n) is 10.0. The van der Waals surface area contributed by atoms with Gasteiger partial charge in [0.1, 0.15) is 16.0 Å². The number of hydrogen-bond donors (Lipinski definition) is 3. The quantitative estimate of drug-likeness (QED) is 0.578. The van der Waals surface area contributed by atoms with Crippen LogP contribution < -0.4 is 26.9 Å². The number of hydrogen-bond acceptors (Lipinski definition) is 6. The SMILES string of the molecule is C[C@H](N)C(=O)NC1CCN(c2cc3c(cc2F)c(=O)c2c(=O)[nH]sc2n3C2CC2)C1. The summed E-state index contributed by atoms with van der Waals surface area (Å²) in [5.41, 5.74) is 5.80. The van der Waals surface area contributed by atoms with Gasteiger partial charge in [-0.25, -0.2) is 4.39 Å². The number of amides is 1. The lowest BCUT2D eigenvalue weighted by atomic mass is 10.1. The van der Waals surface area contributed by atoms with Crippen molar-refractivity contribution in [1.29, 1.82) is 0 Å². The van der Waals surface area contributed by atoms with Gasteiger partial charge in [-0.2, -0.15) is 0 Å². The molecule has 1 aliphatic heterocycles. The van der Waals surface area contributed by atoms with Crippen molar-refractivity contribution < 1.29 is 9.18 Å². The molecule has 2 fully saturated rings. The van der Waals surface area contributed by atoms with Crippen molar-refractivity contribution in [3.63, 3.8) is 0 Å². The Bertz CT molecular complexity index is 1290. The Morgan fingerprint density at radius 2 is 2.10 bits per heavy atom. The molecule has 10 heteroatoms. The second-order valence-electron chi connectivity index (χ2n) is 8.19. The summed E-state index contributed by atoms with van der Waals surface area (Å²) in [5.74, 6) is -0.736. The monoisotopic (exact) mass is 431 g/mol. The Hall–Kier alpha value is -2.72. The Morgan fingerprint density at radius 3 is 2.80 bits per heavy atom. The average molecular weight is 431 g/mol. The van der Waals surface area contributed by atoms with Crippen LogP contribution in [0.3, 0.4) is 0 Å². The first-order chi connectivity index (χ1) is 14.3. The molecule has 1 amide bonds. The molecule has 1 unspecified atom stereocenters. The lowest BCUT2D eigenvalue weighted by Gasteiger charge is -2.22. The number of fused-ring (bicyclic) bond motifs is 2. The summed E-state index contributed by atoms with van der Waals surface area (Å²) in [6.07, 6.45) is 2.60. The molecule has 2 aliphatic rings. The molecular weight excluding hydrogens is 409 g/mol. The van der Waals surface area contributed by atoms with Crippen molar-refractivity contribution in [3.05, 3.63) is 38.5 Å². The molecule has 8 nitrogen and oxygen atoms in total. The molecule has 1 aliphatic carbocycles. The van der Waals surface area contributed by atoms with Gasteiger partial charge in [-0.05, 0) is 49.9 Å². The molecule has 5 rings (SSSR count). The molecule has 3 aromatic rings. The third-order valence-corrected chi connectivity index (χ3v) is 6.78. The van der Waals surface area contributed by atoms with Gasteiger partial charge in [-0.15, -0.1) is 0 Å². The predicted octanol–water partition coefficient (Wildman–Crippen LogP) is 1.42. The van der Waals surface area contributed by atoms with Crippen LogP contribution in [0.2, 0.25) is 0 Å². The van der Waals surface area contributed by atoms with E-state index in [1.165, 1.54) is 6.07 Å². The maximum Gasteiger partial charge on any atom is 0.271 e. The van der Waals surface area contributed by atoms with Gasteiger partial charge in [0.25, 0.3) is 5.56 Å². The zero-order valence-corrected chi connectivity index (χ0v) is 17.2. The summed E-state index contributed by atoms with van der Waals surface area (Å²) in [7, 11) is 0. The molecule has 4 N–H and O–H groups in total. The number of nitrogens with zero attached hydrogens (tertiary/aromatic N) is 2. The molecule has 30 heavy (non-hydrogen) atoms. The van der Waals surface area contributed by atoms with E-state index in [-0.39, 0.29) is 28.8 Å². The number of carbonyl (C=O) groups excluding carboxylic acids is 1. The van der Waals surface area contributed by atoms with E-state index < -0.39 is 22.8 Å². The van der Waals surface area contributed by atoms with Gasteiger partial charge in [-0.1, -0.05) is 0 Å². The van der Waals surface area contributed by atoms with Crippen molar-refractivity contribution in [2.75, 3.05) is 18.0 Å². The normalized spacial score (nSPS) is 20.2. The fourth-order valence-electron chi connectivity index (χ4n) is 4.21. The summed E-state index contributed by atoms with van der Waals surface area (Å²) in [4.78, 5) is 39.5. The van der Waals surface area contributed by atoms with E-state index in [9.17, 15) is 14.4 Å². The Kier molecular flexibility index (Phi) is 4.44. The van der Waals surface area contributed by atoms with Gasteiger partial charge < -0.3 is 20.5 Å². The Balaban J connectivity index is 1.60. The van der Waals surface area contributed by atoms with Crippen LogP contribution >= 0.6 is 11.5 Å². The van der Waals surface area contributed by atoms with Crippen LogP contribution in [0.4, 0.5) is 10.1 Å². The summed E-state index contributed by atoms with van der Waals surface area (Å²) in [5, 5.41) is 3.22. The van der Waals surface area contributed by atoms with Crippen molar-refractivity contribution in [2.24, 2.45) is 5.73 Å². The van der Waals surface area contributed by atoms with E-state index in [2.05, 4.69) is 9.69 Å². The highest BCUT2D eigenvalue weighted by Crippen LogP contribution is 2.41. The molecule has 1 aromatic carbocycles. The van der Waals surface area contributed by atoms with Gasteiger partial charge in [0, 0.05) is 30.6 Å². The lowest BCUT2D eigenvalue weighted by Crippen LogP contribution is -2.45. The van der Waals surface area contributed by atoms with Crippen LogP contribution in [0.15, 0.2) is 21.7 Å². The highest BCUT2D eigenvalue weighted by Gasteiger charge is 2.31. The van der Waals surface area contributed by atoms with E-state index in [1.807, 2.05) is 9.47 Å². The molecule has 2 aromatic heterocycles. The van der Waals surface area contributed by atoms with Crippen molar-refractivity contribution in [1.82, 2.24) is 14.3 Å². The number of nitrogens with two attached hydrogens (primary N) is 1. The maximum atomic E-state index is 15.1. The number of nitrogens with one attached hydrogen (secondary N) is 2. The van der Waals surface area contributed by atoms with Gasteiger partial charge in [0.05, 0.1) is 17.2 Å². The predicted molar refractivity (Wildman–Crippen MR) is 115 cm³/mol. The van der Waals surface area contributed by atoms with Crippen LogP contribution in [-0.2, 0) is 4.79 Å². The minimum absolute atomic E-state index is 0.103. The third-order valence-electron chi connectivity index (χ3n) is 5.90. The third kappa shape index (κ3) is 3.02. The summed E-state index contributed by atoms with van der Waals surface area (Å²) in [6, 6.07) is 2.46. The molecule has 0 spiro atoms. The van der Waals surface area contributed by atoms with Crippen molar-refractivity contribution in [2.45, 2.75) is 44.3 Å². The fourth-order valence-corrected chi connectivity index (χ4v) is 5.13. The molecule has 1 saturated heterocycles. The Morgan fingerprint density at radius 1 is 1.33 bits per heavy atom. The number of aromatic nitrogens is 2. The second kappa shape index (κ2) is 6.92. The highest BCUT2D eigenvalue weighted by atomic mass is 32.1. The van der Waals surface area contributed by atoms with E-state index in [1.54, 1.807) is 13.0 Å². The second-order valence-corrected chi connectivity index (χ2v) is 8.99. The average Bonchev–Trinajstić information content (AvgIpc) is 3.31. The largest absolute Gasteiger partial charge is 0.367 e. The van der Waals surface area contributed by atoms with Crippen molar-refractivity contribution in [3.8, 4) is 0 Å². The van der Waals surface area contributed by atoms with Crippen LogP contribution in [0.25, 0.3) is 21.1 Å². The van der Waals surface area contributed by atoms with Gasteiger partial charge >= 0.3 is 0 Å². The van der Waals surface area contributed by atoms with Crippen LogP contribution in [0.5, 0.6) is 0 Å². The van der Waals surface area contributed by atoms with E-state index >= 15 is 4.39 Å². The summed E-state index contributed by atoms with van der Waals surface area (Å²) >= 11 is 1.15. The molecule has 0 bridgehead atoms. The zero-order chi connectivity index (χ0) is 21.2. The zero-order valence-electron chi connectivity index (χ0n) is 16.4. The number of H-pyrrole nitrogens is 1. The molecule has 2 atom stereocenters. The molecule has 0 radical (unpaired) electrons. The molecule has 1 saturated carbocycles. The topological polar surface area (TPSA) is 113 Å². The number of halogens is 1. The standard InChI is InChI=1S/C20H22FN5O3S/c1-9(22)18(28)23-10-4-5-25(8-10)15-7-14-12(6-13(15)21)17(27)16-19(29)24-30-20(16)26(14)11-2-3-11/h6-7,9-11H,2-5,8,22H2,1H3,(H,23,28)(H,24,29)/t9-,10?/m0/s1. The van der Waals surface area contributed by atoms with Crippen LogP contribution in [-0.4, -0.2) is 40.0 Å². The van der Waals surface area contributed by atoms with Gasteiger partial charge in [0.15, 0.2) is 0 Å². The smallest absolute Gasteiger partial charge is 0.271 e. The number of anilines is 1. The molecule has 158 valence electrons. The molecular formula is C20H22FN5O3S. The van der Waals surface area contributed by atoms with Gasteiger partial charge in [0.2, 0.25) is 11.3 Å². The number of benzene rings is 1. The fraction of sp³-hybridized carbons (Fsp3) is 0.450. The minimum atomic E-state index is -0.597. The molecule has 3 heterocycles. The number of rotatable bonds is 4. The first-order valence-corrected chi connectivity index (χ1v) is 10.9.